The minimum Gasteiger partial charge on any atom is -0.456 e. The molecule has 282 valence electrons. The molecule has 0 amide bonds. The maximum absolute atomic E-state index is 6.84. The first-order valence-corrected chi connectivity index (χ1v) is 20.5. The molecule has 1 aliphatic heterocycles. The predicted molar refractivity (Wildman–Crippen MR) is 251 cm³/mol. The smallest absolute Gasteiger partial charge is 0.135 e. The molecule has 0 unspecified atom stereocenters. The van der Waals surface area contributed by atoms with Crippen LogP contribution in [0, 0.1) is 0 Å². The van der Waals surface area contributed by atoms with Crippen LogP contribution in [-0.2, 0) is 0 Å². The number of rotatable bonds is 7. The summed E-state index contributed by atoms with van der Waals surface area (Å²) >= 11 is 0. The second kappa shape index (κ2) is 15.1. The average Bonchev–Trinajstić information content (AvgIpc) is 3.47. The molecule has 0 aromatic heterocycles. The van der Waals surface area contributed by atoms with E-state index in [-0.39, 0.29) is 0 Å². The Morgan fingerprint density at radius 1 is 0.267 bits per heavy atom. The first-order chi connectivity index (χ1) is 29.7. The van der Waals surface area contributed by atoms with Crippen molar-refractivity contribution in [2.24, 2.45) is 0 Å². The van der Waals surface area contributed by atoms with Crippen molar-refractivity contribution < 1.29 is 4.74 Å². The minimum absolute atomic E-state index is 0.847. The molecular formula is C58H39NO. The molecular weight excluding hydrogens is 727 g/mol. The van der Waals surface area contributed by atoms with Crippen molar-refractivity contribution in [1.29, 1.82) is 0 Å². The van der Waals surface area contributed by atoms with Crippen molar-refractivity contribution in [1.82, 2.24) is 0 Å². The van der Waals surface area contributed by atoms with Crippen molar-refractivity contribution in [3.63, 3.8) is 0 Å². The summed E-state index contributed by atoms with van der Waals surface area (Å²) in [5.74, 6) is 1.71. The van der Waals surface area contributed by atoms with Gasteiger partial charge in [0.25, 0.3) is 0 Å². The summed E-state index contributed by atoms with van der Waals surface area (Å²) in [6, 6.07) is 84.7. The largest absolute Gasteiger partial charge is 0.456 e. The van der Waals surface area contributed by atoms with Gasteiger partial charge in [-0.3, -0.25) is 0 Å². The SMILES string of the molecule is c1ccc(-c2ccc(N(c3ccc(-c4ccccc4)cc3)c3ccc(-c4ccc5c(c4)-c4cc(-c6ccccc6)ccc4-c4c(ccc6ccccc46)O5)cc3)cc2)cc1. The molecule has 0 atom stereocenters. The Hall–Kier alpha value is -7.94. The van der Waals surface area contributed by atoms with Crippen LogP contribution in [0.4, 0.5) is 17.1 Å². The Morgan fingerprint density at radius 3 is 1.22 bits per heavy atom. The lowest BCUT2D eigenvalue weighted by molar-refractivity contribution is 0.488. The normalized spacial score (nSPS) is 11.5. The predicted octanol–water partition coefficient (Wildman–Crippen LogP) is 16.4. The lowest BCUT2D eigenvalue weighted by atomic mass is 9.88. The van der Waals surface area contributed by atoms with Crippen molar-refractivity contribution in [2.75, 3.05) is 4.90 Å². The van der Waals surface area contributed by atoms with E-state index in [0.717, 1.165) is 56.4 Å². The van der Waals surface area contributed by atoms with E-state index in [2.05, 4.69) is 241 Å². The van der Waals surface area contributed by atoms with Gasteiger partial charge in [0.1, 0.15) is 11.5 Å². The molecule has 0 saturated carbocycles. The standard InChI is InChI=1S/C58H39NO/c1-4-12-40(13-5-1)43-20-29-49(30-21-43)59(50-31-22-44(23-32-50)41-14-6-2-7-15-41)51-33-24-45(25-34-51)48-28-36-56-55(39-48)54-38-47(42-16-8-3-9-17-42)26-35-53(54)58-52-19-11-10-18-46(52)27-37-57(58)60-56/h1-39H. The Labute approximate surface area is 350 Å². The van der Waals surface area contributed by atoms with Gasteiger partial charge >= 0.3 is 0 Å². The first kappa shape index (κ1) is 35.2. The molecule has 0 N–H and O–H groups in total. The van der Waals surface area contributed by atoms with Crippen molar-refractivity contribution in [3.8, 4) is 78.3 Å². The lowest BCUT2D eigenvalue weighted by Crippen LogP contribution is -2.09. The number of nitrogens with zero attached hydrogens (tertiary/aromatic N) is 1. The quantitative estimate of drug-likeness (QED) is 0.160. The van der Waals surface area contributed by atoms with Crippen LogP contribution in [0.15, 0.2) is 237 Å². The number of fused-ring (bicyclic) bond motifs is 7. The molecule has 10 aromatic rings. The zero-order valence-corrected chi connectivity index (χ0v) is 32.9. The molecule has 11 rings (SSSR count). The van der Waals surface area contributed by atoms with E-state index in [1.54, 1.807) is 0 Å². The molecule has 1 aliphatic rings. The van der Waals surface area contributed by atoms with Gasteiger partial charge in [-0.25, -0.2) is 0 Å². The molecule has 0 radical (unpaired) electrons. The molecule has 2 heteroatoms. The van der Waals surface area contributed by atoms with E-state index in [1.807, 2.05) is 0 Å². The summed E-state index contributed by atoms with van der Waals surface area (Å²) in [7, 11) is 0. The third-order valence-corrected chi connectivity index (χ3v) is 11.7. The average molecular weight is 766 g/mol. The third-order valence-electron chi connectivity index (χ3n) is 11.7. The summed E-state index contributed by atoms with van der Waals surface area (Å²) in [6.07, 6.45) is 0. The van der Waals surface area contributed by atoms with Crippen LogP contribution < -0.4 is 9.64 Å². The van der Waals surface area contributed by atoms with Crippen LogP contribution in [0.5, 0.6) is 11.5 Å². The Morgan fingerprint density at radius 2 is 0.667 bits per heavy atom. The van der Waals surface area contributed by atoms with Crippen LogP contribution in [0.3, 0.4) is 0 Å². The van der Waals surface area contributed by atoms with Crippen molar-refractivity contribution in [3.05, 3.63) is 237 Å². The van der Waals surface area contributed by atoms with Crippen molar-refractivity contribution >= 4 is 27.8 Å². The number of hydrogen-bond donors (Lipinski definition) is 0. The highest BCUT2D eigenvalue weighted by atomic mass is 16.5. The Bertz CT molecular complexity index is 3040. The third kappa shape index (κ3) is 6.51. The number of anilines is 3. The molecule has 10 aromatic carbocycles. The van der Waals surface area contributed by atoms with E-state index in [4.69, 9.17) is 4.74 Å². The molecule has 2 nitrogen and oxygen atoms in total. The van der Waals surface area contributed by atoms with Gasteiger partial charge in [0, 0.05) is 28.2 Å². The number of hydrogen-bond acceptors (Lipinski definition) is 2. The highest BCUT2D eigenvalue weighted by molar-refractivity contribution is 6.06. The van der Waals surface area contributed by atoms with Gasteiger partial charge in [-0.1, -0.05) is 176 Å². The van der Waals surface area contributed by atoms with Crippen LogP contribution in [-0.4, -0.2) is 0 Å². The van der Waals surface area contributed by atoms with Gasteiger partial charge in [-0.2, -0.15) is 0 Å². The highest BCUT2D eigenvalue weighted by Gasteiger charge is 2.24. The molecule has 0 bridgehead atoms. The molecule has 0 saturated heterocycles. The zero-order valence-electron chi connectivity index (χ0n) is 32.9. The maximum Gasteiger partial charge on any atom is 0.135 e. The lowest BCUT2D eigenvalue weighted by Gasteiger charge is -2.26. The van der Waals surface area contributed by atoms with E-state index in [0.29, 0.717) is 0 Å². The molecule has 1 heterocycles. The van der Waals surface area contributed by atoms with Crippen LogP contribution in [0.2, 0.25) is 0 Å². The van der Waals surface area contributed by atoms with E-state index >= 15 is 0 Å². The topological polar surface area (TPSA) is 12.5 Å². The van der Waals surface area contributed by atoms with Crippen molar-refractivity contribution in [2.45, 2.75) is 0 Å². The number of ether oxygens (including phenoxy) is 1. The number of benzene rings is 10. The fourth-order valence-electron chi connectivity index (χ4n) is 8.65. The molecule has 0 fully saturated rings. The fourth-order valence-corrected chi connectivity index (χ4v) is 8.65. The zero-order chi connectivity index (χ0) is 39.8. The summed E-state index contributed by atoms with van der Waals surface area (Å²) in [5.41, 5.74) is 17.2. The van der Waals surface area contributed by atoms with E-state index in [9.17, 15) is 0 Å². The first-order valence-electron chi connectivity index (χ1n) is 20.5. The Kier molecular flexibility index (Phi) is 8.87. The van der Waals surface area contributed by atoms with Gasteiger partial charge in [0.05, 0.1) is 0 Å². The van der Waals surface area contributed by atoms with Gasteiger partial charge in [-0.15, -0.1) is 0 Å². The van der Waals surface area contributed by atoms with E-state index < -0.39 is 0 Å². The second-order valence-electron chi connectivity index (χ2n) is 15.3. The summed E-state index contributed by atoms with van der Waals surface area (Å²) < 4.78 is 6.84. The Balaban J connectivity index is 0.997. The summed E-state index contributed by atoms with van der Waals surface area (Å²) in [5, 5.41) is 2.37. The van der Waals surface area contributed by atoms with E-state index in [1.165, 1.54) is 49.7 Å². The molecule has 0 spiro atoms. The van der Waals surface area contributed by atoms with Crippen LogP contribution in [0.1, 0.15) is 0 Å². The monoisotopic (exact) mass is 765 g/mol. The fraction of sp³-hybridized carbons (Fsp3) is 0. The molecule has 0 aliphatic carbocycles. The summed E-state index contributed by atoms with van der Waals surface area (Å²) in [6.45, 7) is 0. The maximum atomic E-state index is 6.84. The van der Waals surface area contributed by atoms with Gasteiger partial charge < -0.3 is 9.64 Å². The molecule has 60 heavy (non-hydrogen) atoms. The van der Waals surface area contributed by atoms with Gasteiger partial charge in [0.15, 0.2) is 0 Å². The summed E-state index contributed by atoms with van der Waals surface area (Å²) in [4.78, 5) is 2.33. The van der Waals surface area contributed by atoms with Crippen LogP contribution >= 0.6 is 0 Å². The van der Waals surface area contributed by atoms with Crippen LogP contribution in [0.25, 0.3) is 77.5 Å². The van der Waals surface area contributed by atoms with Gasteiger partial charge in [-0.05, 0) is 127 Å². The second-order valence-corrected chi connectivity index (χ2v) is 15.3. The minimum atomic E-state index is 0.847. The van der Waals surface area contributed by atoms with Gasteiger partial charge in [0.2, 0.25) is 0 Å². The highest BCUT2D eigenvalue weighted by Crippen LogP contribution is 2.51.